The van der Waals surface area contributed by atoms with Crippen molar-refractivity contribution in [2.75, 3.05) is 19.7 Å². The zero-order valence-corrected chi connectivity index (χ0v) is 23.6. The molecule has 1 fully saturated rings. The van der Waals surface area contributed by atoms with Gasteiger partial charge in [-0.2, -0.15) is 0 Å². The molecule has 3 aromatic carbocycles. The molecule has 0 aromatic heterocycles. The van der Waals surface area contributed by atoms with Gasteiger partial charge in [-0.1, -0.05) is 78.9 Å². The Kier molecular flexibility index (Phi) is 8.89. The van der Waals surface area contributed by atoms with Crippen LogP contribution in [0.5, 0.6) is 0 Å². The Hall–Kier alpha value is -4.61. The second kappa shape index (κ2) is 12.9. The van der Waals surface area contributed by atoms with Gasteiger partial charge in [-0.05, 0) is 47.6 Å². The first-order valence-corrected chi connectivity index (χ1v) is 14.2. The van der Waals surface area contributed by atoms with Gasteiger partial charge in [-0.25, -0.2) is 9.59 Å². The molecule has 1 aliphatic heterocycles. The number of hydrogen-bond acceptors (Lipinski definition) is 5. The number of rotatable bonds is 9. The van der Waals surface area contributed by atoms with Crippen molar-refractivity contribution in [3.63, 3.8) is 0 Å². The lowest BCUT2D eigenvalue weighted by Crippen LogP contribution is -2.63. The Labute approximate surface area is 246 Å². The van der Waals surface area contributed by atoms with E-state index in [2.05, 4.69) is 39.5 Å². The summed E-state index contributed by atoms with van der Waals surface area (Å²) in [6.07, 6.45) is -0.227. The molecule has 5 rings (SSSR count). The average molecular weight is 566 g/mol. The molecule has 1 aliphatic carbocycles. The van der Waals surface area contributed by atoms with Gasteiger partial charge in [-0.15, -0.1) is 11.8 Å². The standard InChI is InChI=1S/C34H35N3O5/c1-2-3-17-30(31(38)36-34(32(39)40)18-20-37(21-19-34)22-24-11-5-4-6-12-24)35-33(41)42-23-29-27-15-9-7-13-25(27)26-14-8-10-16-28(26)29/h4-16,29-30H,17-23H2,1H3,(H,35,41)(H,36,38)(H,39,40). The molecule has 3 aromatic rings. The minimum Gasteiger partial charge on any atom is -0.480 e. The fourth-order valence-electron chi connectivity index (χ4n) is 5.85. The molecule has 2 aliphatic rings. The van der Waals surface area contributed by atoms with Crippen molar-refractivity contribution in [3.05, 3.63) is 95.6 Å². The third-order valence-corrected chi connectivity index (χ3v) is 8.17. The first kappa shape index (κ1) is 28.9. The summed E-state index contributed by atoms with van der Waals surface area (Å²) in [4.78, 5) is 40.9. The van der Waals surface area contributed by atoms with Crippen LogP contribution in [0, 0.1) is 11.8 Å². The Morgan fingerprint density at radius 1 is 0.952 bits per heavy atom. The largest absolute Gasteiger partial charge is 0.480 e. The molecule has 1 heterocycles. The number of carboxylic acid groups (broad SMARTS) is 1. The highest BCUT2D eigenvalue weighted by Gasteiger charge is 2.44. The van der Waals surface area contributed by atoms with E-state index in [9.17, 15) is 19.5 Å². The topological polar surface area (TPSA) is 108 Å². The lowest BCUT2D eigenvalue weighted by molar-refractivity contribution is -0.150. The van der Waals surface area contributed by atoms with Crippen LogP contribution in [0.3, 0.4) is 0 Å². The molecule has 1 atom stereocenters. The van der Waals surface area contributed by atoms with E-state index in [1.165, 1.54) is 0 Å². The maximum atomic E-state index is 13.4. The lowest BCUT2D eigenvalue weighted by Gasteiger charge is -2.40. The van der Waals surface area contributed by atoms with E-state index in [0.717, 1.165) is 27.8 Å². The van der Waals surface area contributed by atoms with Gasteiger partial charge in [0.05, 0.1) is 0 Å². The molecule has 0 radical (unpaired) electrons. The minimum absolute atomic E-state index is 0.0301. The number of amides is 2. The van der Waals surface area contributed by atoms with E-state index in [-0.39, 0.29) is 31.8 Å². The highest BCUT2D eigenvalue weighted by atomic mass is 16.5. The SMILES string of the molecule is CC#CCC(NC(=O)OCC1c2ccccc2-c2ccccc21)C(=O)NC1(C(=O)O)CCN(Cc2ccccc2)CC1. The van der Waals surface area contributed by atoms with Crippen LogP contribution in [0.25, 0.3) is 11.1 Å². The number of fused-ring (bicyclic) bond motifs is 3. The molecule has 0 spiro atoms. The van der Waals surface area contributed by atoms with Crippen molar-refractivity contribution < 1.29 is 24.2 Å². The molecule has 8 heteroatoms. The summed E-state index contributed by atoms with van der Waals surface area (Å²) in [5.41, 5.74) is 4.12. The smallest absolute Gasteiger partial charge is 0.407 e. The minimum atomic E-state index is -1.43. The summed E-state index contributed by atoms with van der Waals surface area (Å²) >= 11 is 0. The quantitative estimate of drug-likeness (QED) is 0.329. The fourth-order valence-corrected chi connectivity index (χ4v) is 5.85. The zero-order chi connectivity index (χ0) is 29.5. The van der Waals surface area contributed by atoms with Crippen molar-refractivity contribution in [3.8, 4) is 23.0 Å². The Morgan fingerprint density at radius 3 is 2.14 bits per heavy atom. The van der Waals surface area contributed by atoms with Crippen LogP contribution in [0.1, 0.15) is 48.8 Å². The molecular formula is C34H35N3O5. The number of alkyl carbamates (subject to hydrolysis) is 1. The van der Waals surface area contributed by atoms with Crippen LogP contribution >= 0.6 is 0 Å². The second-order valence-electron chi connectivity index (χ2n) is 10.8. The highest BCUT2D eigenvalue weighted by Crippen LogP contribution is 2.44. The highest BCUT2D eigenvalue weighted by molar-refractivity contribution is 5.91. The molecule has 216 valence electrons. The number of nitrogens with zero attached hydrogens (tertiary/aromatic N) is 1. The van der Waals surface area contributed by atoms with Crippen molar-refractivity contribution >= 4 is 18.0 Å². The van der Waals surface area contributed by atoms with Gasteiger partial charge in [0.1, 0.15) is 18.2 Å². The summed E-state index contributed by atoms with van der Waals surface area (Å²) in [7, 11) is 0. The summed E-state index contributed by atoms with van der Waals surface area (Å²) < 4.78 is 5.63. The van der Waals surface area contributed by atoms with Crippen LogP contribution in [-0.2, 0) is 20.9 Å². The lowest BCUT2D eigenvalue weighted by atomic mass is 9.86. The van der Waals surface area contributed by atoms with Gasteiger partial charge < -0.3 is 20.5 Å². The summed E-state index contributed by atoms with van der Waals surface area (Å²) in [6, 6.07) is 25.0. The van der Waals surface area contributed by atoms with Crippen LogP contribution < -0.4 is 10.6 Å². The van der Waals surface area contributed by atoms with E-state index >= 15 is 0 Å². The maximum Gasteiger partial charge on any atom is 0.407 e. The number of nitrogens with one attached hydrogen (secondary N) is 2. The number of hydrogen-bond donors (Lipinski definition) is 3. The van der Waals surface area contributed by atoms with Gasteiger partial charge in [0.2, 0.25) is 5.91 Å². The molecule has 8 nitrogen and oxygen atoms in total. The predicted octanol–water partition coefficient (Wildman–Crippen LogP) is 4.54. The van der Waals surface area contributed by atoms with Gasteiger partial charge in [-0.3, -0.25) is 9.69 Å². The third kappa shape index (κ3) is 6.32. The molecule has 2 amide bonds. The van der Waals surface area contributed by atoms with Gasteiger partial charge >= 0.3 is 12.1 Å². The number of ether oxygens (including phenoxy) is 1. The predicted molar refractivity (Wildman–Crippen MR) is 160 cm³/mol. The zero-order valence-electron chi connectivity index (χ0n) is 23.6. The van der Waals surface area contributed by atoms with E-state index in [0.29, 0.717) is 19.6 Å². The van der Waals surface area contributed by atoms with E-state index in [4.69, 9.17) is 4.74 Å². The Morgan fingerprint density at radius 2 is 1.55 bits per heavy atom. The van der Waals surface area contributed by atoms with Crippen molar-refractivity contribution in [1.82, 2.24) is 15.5 Å². The molecule has 0 bridgehead atoms. The first-order valence-electron chi connectivity index (χ1n) is 14.2. The molecular weight excluding hydrogens is 530 g/mol. The van der Waals surface area contributed by atoms with Crippen LogP contribution in [0.15, 0.2) is 78.9 Å². The van der Waals surface area contributed by atoms with Gasteiger partial charge in [0.25, 0.3) is 0 Å². The van der Waals surface area contributed by atoms with Crippen LogP contribution in [0.4, 0.5) is 4.79 Å². The van der Waals surface area contributed by atoms with Gasteiger partial charge in [0, 0.05) is 32.0 Å². The van der Waals surface area contributed by atoms with E-state index in [1.807, 2.05) is 66.7 Å². The number of carbonyl (C=O) groups excluding carboxylic acids is 2. The third-order valence-electron chi connectivity index (χ3n) is 8.17. The summed E-state index contributed by atoms with van der Waals surface area (Å²) in [6.45, 7) is 3.48. The maximum absolute atomic E-state index is 13.4. The average Bonchev–Trinajstić information content (AvgIpc) is 3.33. The molecule has 3 N–H and O–H groups in total. The Balaban J connectivity index is 1.21. The molecule has 1 saturated heterocycles. The summed E-state index contributed by atoms with van der Waals surface area (Å²) in [5.74, 6) is 3.78. The molecule has 42 heavy (non-hydrogen) atoms. The van der Waals surface area contributed by atoms with E-state index in [1.54, 1.807) is 6.92 Å². The second-order valence-corrected chi connectivity index (χ2v) is 10.8. The van der Waals surface area contributed by atoms with Gasteiger partial charge in [0.15, 0.2) is 0 Å². The molecule has 1 unspecified atom stereocenters. The number of carbonyl (C=O) groups is 3. The first-order chi connectivity index (χ1) is 20.4. The normalized spacial score (nSPS) is 16.2. The Bertz CT molecular complexity index is 1460. The number of aliphatic carboxylic acids is 1. The van der Waals surface area contributed by atoms with E-state index < -0.39 is 29.6 Å². The number of piperidine rings is 1. The van der Waals surface area contributed by atoms with Crippen LogP contribution in [-0.4, -0.2) is 59.3 Å². The van der Waals surface area contributed by atoms with Crippen molar-refractivity contribution in [2.45, 2.75) is 50.2 Å². The van der Waals surface area contributed by atoms with Crippen LogP contribution in [0.2, 0.25) is 0 Å². The molecule has 0 saturated carbocycles. The van der Waals surface area contributed by atoms with Crippen molar-refractivity contribution in [1.29, 1.82) is 0 Å². The number of likely N-dealkylation sites (tertiary alicyclic amines) is 1. The summed E-state index contributed by atoms with van der Waals surface area (Å²) in [5, 5.41) is 15.5. The monoisotopic (exact) mass is 565 g/mol. The van der Waals surface area contributed by atoms with Crippen molar-refractivity contribution in [2.24, 2.45) is 0 Å². The fraction of sp³-hybridized carbons (Fsp3) is 0.324. The number of carboxylic acids is 1. The number of benzene rings is 3.